The van der Waals surface area contributed by atoms with Crippen LogP contribution in [0.3, 0.4) is 0 Å². The van der Waals surface area contributed by atoms with Gasteiger partial charge in [-0.2, -0.15) is 0 Å². The summed E-state index contributed by atoms with van der Waals surface area (Å²) in [5.74, 6) is 0. The summed E-state index contributed by atoms with van der Waals surface area (Å²) < 4.78 is 7.59. The maximum Gasteiger partial charge on any atom is 0.332 e. The van der Waals surface area contributed by atoms with Crippen molar-refractivity contribution in [2.24, 2.45) is 0 Å². The Kier molecular flexibility index (Phi) is 5.83. The van der Waals surface area contributed by atoms with Gasteiger partial charge in [0.1, 0.15) is 23.4 Å². The van der Waals surface area contributed by atoms with E-state index in [0.717, 1.165) is 11.3 Å². The third-order valence-electron chi connectivity index (χ3n) is 3.88. The lowest BCUT2D eigenvalue weighted by Gasteiger charge is -2.29. The van der Waals surface area contributed by atoms with Crippen LogP contribution in [0.15, 0.2) is 35.2 Å². The predicted molar refractivity (Wildman–Crippen MR) is 99.0 cm³/mol. The fourth-order valence-electron chi connectivity index (χ4n) is 2.46. The molecule has 3 rings (SSSR count). The molecule has 1 amide bonds. The van der Waals surface area contributed by atoms with Crippen molar-refractivity contribution in [1.29, 1.82) is 0 Å². The average Bonchev–Trinajstić information content (AvgIpc) is 3.12. The monoisotopic (exact) mass is 393 g/mol. The maximum absolute atomic E-state index is 12.7. The van der Waals surface area contributed by atoms with Crippen LogP contribution in [0.2, 0.25) is 0 Å². The van der Waals surface area contributed by atoms with Crippen LogP contribution in [0, 0.1) is 6.92 Å². The van der Waals surface area contributed by atoms with E-state index in [9.17, 15) is 4.79 Å². The van der Waals surface area contributed by atoms with E-state index in [-0.39, 0.29) is 11.6 Å². The van der Waals surface area contributed by atoms with Crippen LogP contribution in [-0.2, 0) is 4.74 Å². The highest BCUT2D eigenvalue weighted by Gasteiger charge is 2.38. The zero-order valence-corrected chi connectivity index (χ0v) is 16.4. The van der Waals surface area contributed by atoms with Gasteiger partial charge < -0.3 is 4.74 Å². The fraction of sp³-hybridized carbons (Fsp3) is 0.444. The maximum atomic E-state index is 12.7. The summed E-state index contributed by atoms with van der Waals surface area (Å²) in [4.78, 5) is 18.8. The lowest BCUT2D eigenvalue weighted by Crippen LogP contribution is -2.46. The SMILES string of the molecule is CC.Cc1ccc(-c2ncn(C(=O)N3COCC3(C)C)c2Br)cc1. The molecule has 0 atom stereocenters. The van der Waals surface area contributed by atoms with Crippen molar-refractivity contribution in [3.05, 3.63) is 40.8 Å². The quantitative estimate of drug-likeness (QED) is 0.706. The summed E-state index contributed by atoms with van der Waals surface area (Å²) >= 11 is 3.50. The Bertz CT molecular complexity index is 708. The first-order valence-electron chi connectivity index (χ1n) is 8.10. The van der Waals surface area contributed by atoms with Crippen LogP contribution >= 0.6 is 15.9 Å². The van der Waals surface area contributed by atoms with Crippen LogP contribution in [0.1, 0.15) is 33.3 Å². The molecular formula is C18H24BrN3O2. The van der Waals surface area contributed by atoms with Gasteiger partial charge in [0.15, 0.2) is 0 Å². The number of aromatic nitrogens is 2. The van der Waals surface area contributed by atoms with Crippen molar-refractivity contribution in [3.8, 4) is 11.3 Å². The summed E-state index contributed by atoms with van der Waals surface area (Å²) in [6.07, 6.45) is 1.55. The third-order valence-corrected chi connectivity index (χ3v) is 4.64. The van der Waals surface area contributed by atoms with E-state index in [1.54, 1.807) is 11.2 Å². The first kappa shape index (κ1) is 18.7. The molecule has 2 aromatic rings. The number of halogens is 1. The minimum Gasteiger partial charge on any atom is -0.359 e. The molecule has 1 aromatic carbocycles. The zero-order chi connectivity index (χ0) is 17.9. The van der Waals surface area contributed by atoms with Crippen molar-refractivity contribution in [2.45, 2.75) is 40.2 Å². The van der Waals surface area contributed by atoms with Gasteiger partial charge in [-0.25, -0.2) is 14.3 Å². The van der Waals surface area contributed by atoms with E-state index in [1.807, 2.05) is 58.9 Å². The second-order valence-electron chi connectivity index (χ2n) is 6.12. The standard InChI is InChI=1S/C16H18BrN3O2.C2H6/c1-11-4-6-12(7-5-11)13-14(17)19(9-18-13)15(21)20-10-22-8-16(20,2)3;1-2/h4-7,9H,8,10H2,1-3H3;1-2H3. The third kappa shape index (κ3) is 3.54. The summed E-state index contributed by atoms with van der Waals surface area (Å²) in [5, 5.41) is 0. The molecule has 5 nitrogen and oxygen atoms in total. The zero-order valence-electron chi connectivity index (χ0n) is 14.8. The van der Waals surface area contributed by atoms with Gasteiger partial charge in [0.2, 0.25) is 0 Å². The number of hydrogen-bond acceptors (Lipinski definition) is 3. The van der Waals surface area contributed by atoms with E-state index < -0.39 is 0 Å². The van der Waals surface area contributed by atoms with Gasteiger partial charge in [-0.1, -0.05) is 43.7 Å². The molecule has 1 saturated heterocycles. The number of hydrogen-bond donors (Lipinski definition) is 0. The highest BCUT2D eigenvalue weighted by molar-refractivity contribution is 9.10. The normalized spacial score (nSPS) is 15.8. The average molecular weight is 394 g/mol. The molecule has 130 valence electrons. The van der Waals surface area contributed by atoms with Crippen molar-refractivity contribution in [2.75, 3.05) is 13.3 Å². The predicted octanol–water partition coefficient (Wildman–Crippen LogP) is 4.68. The lowest BCUT2D eigenvalue weighted by atomic mass is 10.1. The van der Waals surface area contributed by atoms with Gasteiger partial charge in [0.25, 0.3) is 0 Å². The van der Waals surface area contributed by atoms with Crippen LogP contribution in [0.5, 0.6) is 0 Å². The molecule has 0 radical (unpaired) electrons. The molecule has 0 unspecified atom stereocenters. The minimum atomic E-state index is -0.315. The fourth-order valence-corrected chi connectivity index (χ4v) is 3.03. The number of ether oxygens (including phenoxy) is 1. The van der Waals surface area contributed by atoms with Crippen LogP contribution in [0.25, 0.3) is 11.3 Å². The van der Waals surface area contributed by atoms with Crippen molar-refractivity contribution in [3.63, 3.8) is 0 Å². The molecule has 1 aliphatic heterocycles. The van der Waals surface area contributed by atoms with E-state index in [4.69, 9.17) is 4.74 Å². The summed E-state index contributed by atoms with van der Waals surface area (Å²) in [6, 6.07) is 7.92. The Labute approximate surface area is 151 Å². The molecule has 0 spiro atoms. The highest BCUT2D eigenvalue weighted by Crippen LogP contribution is 2.29. The number of carbonyl (C=O) groups is 1. The second kappa shape index (κ2) is 7.49. The second-order valence-corrected chi connectivity index (χ2v) is 6.87. The molecule has 0 saturated carbocycles. The topological polar surface area (TPSA) is 47.4 Å². The smallest absolute Gasteiger partial charge is 0.332 e. The molecule has 1 aliphatic rings. The number of rotatable bonds is 1. The summed E-state index contributed by atoms with van der Waals surface area (Å²) in [7, 11) is 0. The molecule has 6 heteroatoms. The van der Waals surface area contributed by atoms with Crippen LogP contribution < -0.4 is 0 Å². The molecule has 1 fully saturated rings. The Morgan fingerprint density at radius 3 is 2.42 bits per heavy atom. The number of carbonyl (C=O) groups excluding carboxylic acids is 1. The van der Waals surface area contributed by atoms with Gasteiger partial charge >= 0.3 is 6.03 Å². The number of imidazole rings is 1. The number of benzene rings is 1. The van der Waals surface area contributed by atoms with E-state index in [0.29, 0.717) is 17.9 Å². The molecule has 0 bridgehead atoms. The first-order valence-corrected chi connectivity index (χ1v) is 8.89. The molecule has 2 heterocycles. The molecule has 1 aromatic heterocycles. The van der Waals surface area contributed by atoms with Crippen molar-refractivity contribution in [1.82, 2.24) is 14.5 Å². The molecule has 0 N–H and O–H groups in total. The highest BCUT2D eigenvalue weighted by atomic mass is 79.9. The van der Waals surface area contributed by atoms with Crippen molar-refractivity contribution < 1.29 is 9.53 Å². The van der Waals surface area contributed by atoms with E-state index >= 15 is 0 Å². The van der Waals surface area contributed by atoms with E-state index in [2.05, 4.69) is 20.9 Å². The Balaban J connectivity index is 0.00000100. The van der Waals surface area contributed by atoms with Gasteiger partial charge in [-0.15, -0.1) is 0 Å². The van der Waals surface area contributed by atoms with Gasteiger partial charge in [0.05, 0.1) is 12.1 Å². The summed E-state index contributed by atoms with van der Waals surface area (Å²) in [5.41, 5.74) is 2.60. The molecular weight excluding hydrogens is 370 g/mol. The number of aryl methyl sites for hydroxylation is 1. The number of nitrogens with zero attached hydrogens (tertiary/aromatic N) is 3. The lowest BCUT2D eigenvalue weighted by molar-refractivity contribution is 0.140. The Hall–Kier alpha value is -1.66. The van der Waals surface area contributed by atoms with Crippen LogP contribution in [0.4, 0.5) is 4.79 Å². The van der Waals surface area contributed by atoms with Crippen LogP contribution in [-0.4, -0.2) is 39.4 Å². The molecule has 24 heavy (non-hydrogen) atoms. The largest absolute Gasteiger partial charge is 0.359 e. The van der Waals surface area contributed by atoms with Gasteiger partial charge in [0, 0.05) is 5.56 Å². The Morgan fingerprint density at radius 1 is 1.25 bits per heavy atom. The Morgan fingerprint density at radius 2 is 1.88 bits per heavy atom. The number of amides is 1. The van der Waals surface area contributed by atoms with Gasteiger partial charge in [-0.05, 0) is 36.7 Å². The first-order chi connectivity index (χ1) is 11.4. The minimum absolute atomic E-state index is 0.139. The van der Waals surface area contributed by atoms with Gasteiger partial charge in [-0.3, -0.25) is 4.90 Å². The summed E-state index contributed by atoms with van der Waals surface area (Å²) in [6.45, 7) is 10.9. The molecule has 0 aliphatic carbocycles. The van der Waals surface area contributed by atoms with E-state index in [1.165, 1.54) is 10.1 Å². The van der Waals surface area contributed by atoms with Crippen molar-refractivity contribution >= 4 is 22.0 Å².